The van der Waals surface area contributed by atoms with Crippen LogP contribution < -0.4 is 5.32 Å². The highest BCUT2D eigenvalue weighted by Gasteiger charge is 2.56. The van der Waals surface area contributed by atoms with Gasteiger partial charge >= 0.3 is 0 Å². The minimum Gasteiger partial charge on any atom is -0.317 e. The number of carbonyl (C=O) groups is 1. The highest BCUT2D eigenvalue weighted by molar-refractivity contribution is 9.10. The fraction of sp³-hybridized carbons (Fsp3) is 0.533. The van der Waals surface area contributed by atoms with E-state index in [-0.39, 0.29) is 0 Å². The molecule has 1 atom stereocenters. The highest BCUT2D eigenvalue weighted by atomic mass is 79.9. The van der Waals surface area contributed by atoms with Gasteiger partial charge in [0.15, 0.2) is 0 Å². The van der Waals surface area contributed by atoms with Crippen molar-refractivity contribution in [3.63, 3.8) is 0 Å². The molecule has 0 aromatic heterocycles. The van der Waals surface area contributed by atoms with Gasteiger partial charge < -0.3 is 5.32 Å². The van der Waals surface area contributed by atoms with Crippen LogP contribution in [0.3, 0.4) is 0 Å². The molecule has 1 N–H and O–H groups in total. The lowest BCUT2D eigenvalue weighted by molar-refractivity contribution is -0.120. The molecule has 1 heterocycles. The van der Waals surface area contributed by atoms with E-state index in [1.54, 1.807) is 0 Å². The Morgan fingerprint density at radius 2 is 2.17 bits per heavy atom. The van der Waals surface area contributed by atoms with Crippen LogP contribution in [0.1, 0.15) is 24.8 Å². The predicted molar refractivity (Wildman–Crippen MR) is 75.5 cm³/mol. The summed E-state index contributed by atoms with van der Waals surface area (Å²) in [7, 11) is 0. The van der Waals surface area contributed by atoms with Crippen LogP contribution in [0, 0.1) is 11.3 Å². The van der Waals surface area contributed by atoms with Crippen molar-refractivity contribution < 1.29 is 4.79 Å². The molecule has 0 bridgehead atoms. The van der Waals surface area contributed by atoms with Gasteiger partial charge in [0.25, 0.3) is 0 Å². The number of hydrogen-bond donors (Lipinski definition) is 1. The summed E-state index contributed by atoms with van der Waals surface area (Å²) < 4.78 is 1.06. The lowest BCUT2D eigenvalue weighted by Gasteiger charge is -2.23. The maximum atomic E-state index is 12.3. The van der Waals surface area contributed by atoms with Gasteiger partial charge in [-0.2, -0.15) is 0 Å². The number of benzene rings is 1. The fourth-order valence-corrected chi connectivity index (χ4v) is 3.70. The minimum atomic E-state index is 0.332. The Labute approximate surface area is 116 Å². The molecular weight excluding hydrogens is 290 g/mol. The lowest BCUT2D eigenvalue weighted by atomic mass is 9.89. The van der Waals surface area contributed by atoms with Gasteiger partial charge in [-0.1, -0.05) is 28.1 Å². The summed E-state index contributed by atoms with van der Waals surface area (Å²) in [5, 5.41) is 3.38. The molecule has 1 unspecified atom stereocenters. The number of carbonyl (C=O) groups excluding carboxylic acids is 1. The standard InChI is InChI=1S/C15H18BrNO/c16-12-3-1-2-11(8-12)9-14(18)13-10-15(13)4-6-17-7-5-15/h1-3,8,13,17H,4-7,9-10H2. The zero-order valence-corrected chi connectivity index (χ0v) is 12.0. The molecule has 2 fully saturated rings. The van der Waals surface area contributed by atoms with E-state index in [1.807, 2.05) is 18.2 Å². The van der Waals surface area contributed by atoms with Gasteiger partial charge in [0.2, 0.25) is 0 Å². The topological polar surface area (TPSA) is 29.1 Å². The smallest absolute Gasteiger partial charge is 0.140 e. The molecule has 1 aromatic carbocycles. The molecule has 0 amide bonds. The fourth-order valence-electron chi connectivity index (χ4n) is 3.25. The maximum absolute atomic E-state index is 12.3. The average Bonchev–Trinajstić information content (AvgIpc) is 3.04. The van der Waals surface area contributed by atoms with Gasteiger partial charge in [0.05, 0.1) is 0 Å². The van der Waals surface area contributed by atoms with Crippen LogP contribution in [0.25, 0.3) is 0 Å². The highest BCUT2D eigenvalue weighted by Crippen LogP contribution is 2.59. The Bertz CT molecular complexity index is 465. The number of hydrogen-bond acceptors (Lipinski definition) is 2. The molecule has 1 spiro atoms. The molecule has 1 saturated carbocycles. The summed E-state index contributed by atoms with van der Waals surface area (Å²) in [6.07, 6.45) is 4.09. The molecule has 1 aromatic rings. The van der Waals surface area contributed by atoms with Crippen molar-refractivity contribution in [2.75, 3.05) is 13.1 Å². The third-order valence-corrected chi connectivity index (χ3v) is 4.94. The van der Waals surface area contributed by atoms with E-state index < -0.39 is 0 Å². The second-order valence-corrected chi connectivity index (χ2v) is 6.56. The number of ketones is 1. The van der Waals surface area contributed by atoms with Gasteiger partial charge in [-0.15, -0.1) is 0 Å². The SMILES string of the molecule is O=C(Cc1cccc(Br)c1)C1CC12CCNCC2. The second-order valence-electron chi connectivity index (χ2n) is 5.64. The Morgan fingerprint density at radius 3 is 2.89 bits per heavy atom. The minimum absolute atomic E-state index is 0.332. The Kier molecular flexibility index (Phi) is 3.29. The van der Waals surface area contributed by atoms with E-state index in [0.29, 0.717) is 23.5 Å². The number of Topliss-reactive ketones (excluding diaryl/α,β-unsaturated/α-hetero) is 1. The van der Waals surface area contributed by atoms with E-state index in [4.69, 9.17) is 0 Å². The third-order valence-electron chi connectivity index (χ3n) is 4.45. The molecule has 1 aliphatic carbocycles. The van der Waals surface area contributed by atoms with Gasteiger partial charge in [-0.3, -0.25) is 4.79 Å². The first-order chi connectivity index (χ1) is 8.70. The summed E-state index contributed by atoms with van der Waals surface area (Å²) in [4.78, 5) is 12.3. The molecule has 1 saturated heterocycles. The first-order valence-electron chi connectivity index (χ1n) is 6.67. The van der Waals surface area contributed by atoms with E-state index >= 15 is 0 Å². The summed E-state index contributed by atoms with van der Waals surface area (Å²) in [5.74, 6) is 0.772. The monoisotopic (exact) mass is 307 g/mol. The number of rotatable bonds is 3. The van der Waals surface area contributed by atoms with Crippen molar-refractivity contribution in [1.82, 2.24) is 5.32 Å². The Hall–Kier alpha value is -0.670. The predicted octanol–water partition coefficient (Wildman–Crippen LogP) is 2.95. The summed E-state index contributed by atoms with van der Waals surface area (Å²) in [6.45, 7) is 2.17. The van der Waals surface area contributed by atoms with E-state index in [0.717, 1.165) is 29.5 Å². The van der Waals surface area contributed by atoms with Gasteiger partial charge in [-0.25, -0.2) is 0 Å². The van der Waals surface area contributed by atoms with E-state index in [9.17, 15) is 4.79 Å². The molecule has 1 aliphatic heterocycles. The Balaban J connectivity index is 1.63. The molecule has 96 valence electrons. The largest absolute Gasteiger partial charge is 0.317 e. The summed E-state index contributed by atoms with van der Waals surface area (Å²) in [5.41, 5.74) is 1.50. The van der Waals surface area contributed by atoms with Crippen molar-refractivity contribution >= 4 is 21.7 Å². The van der Waals surface area contributed by atoms with Gasteiger partial charge in [-0.05, 0) is 55.5 Å². The van der Waals surface area contributed by atoms with Crippen LogP contribution >= 0.6 is 15.9 Å². The summed E-state index contributed by atoms with van der Waals surface area (Å²) >= 11 is 3.46. The van der Waals surface area contributed by atoms with Crippen molar-refractivity contribution in [2.45, 2.75) is 25.7 Å². The number of piperidine rings is 1. The summed E-state index contributed by atoms with van der Waals surface area (Å²) in [6, 6.07) is 8.09. The van der Waals surface area contributed by atoms with Crippen molar-refractivity contribution in [1.29, 1.82) is 0 Å². The molecular formula is C15H18BrNO. The first kappa shape index (κ1) is 12.4. The van der Waals surface area contributed by atoms with Crippen molar-refractivity contribution in [3.8, 4) is 0 Å². The molecule has 2 aliphatic rings. The van der Waals surface area contributed by atoms with Gasteiger partial charge in [0, 0.05) is 16.8 Å². The van der Waals surface area contributed by atoms with Crippen molar-refractivity contribution in [3.05, 3.63) is 34.3 Å². The van der Waals surface area contributed by atoms with Crippen LogP contribution in [-0.2, 0) is 11.2 Å². The third kappa shape index (κ3) is 2.39. The average molecular weight is 308 g/mol. The van der Waals surface area contributed by atoms with Crippen LogP contribution in [0.4, 0.5) is 0 Å². The quantitative estimate of drug-likeness (QED) is 0.930. The molecule has 3 heteroatoms. The lowest BCUT2D eigenvalue weighted by Crippen LogP contribution is -2.30. The molecule has 2 nitrogen and oxygen atoms in total. The number of nitrogens with one attached hydrogen (secondary N) is 1. The van der Waals surface area contributed by atoms with Crippen LogP contribution in [0.2, 0.25) is 0 Å². The molecule has 3 rings (SSSR count). The normalized spacial score (nSPS) is 25.1. The Morgan fingerprint density at radius 1 is 1.39 bits per heavy atom. The first-order valence-corrected chi connectivity index (χ1v) is 7.47. The van der Waals surface area contributed by atoms with Crippen LogP contribution in [0.15, 0.2) is 28.7 Å². The maximum Gasteiger partial charge on any atom is 0.140 e. The number of halogens is 1. The zero-order chi connectivity index (χ0) is 12.6. The van der Waals surface area contributed by atoms with Crippen LogP contribution in [-0.4, -0.2) is 18.9 Å². The second kappa shape index (κ2) is 4.78. The molecule has 18 heavy (non-hydrogen) atoms. The van der Waals surface area contributed by atoms with Crippen molar-refractivity contribution in [2.24, 2.45) is 11.3 Å². The van der Waals surface area contributed by atoms with Crippen LogP contribution in [0.5, 0.6) is 0 Å². The zero-order valence-electron chi connectivity index (χ0n) is 10.4. The van der Waals surface area contributed by atoms with E-state index in [2.05, 4.69) is 27.3 Å². The molecule has 0 radical (unpaired) electrons. The van der Waals surface area contributed by atoms with Gasteiger partial charge in [0.1, 0.15) is 5.78 Å². The van der Waals surface area contributed by atoms with E-state index in [1.165, 1.54) is 12.8 Å².